The highest BCUT2D eigenvalue weighted by Gasteiger charge is 2.49. The maximum absolute atomic E-state index is 12.9. The quantitative estimate of drug-likeness (QED) is 0.0334. The molecule has 4 aromatic carbocycles. The Morgan fingerprint density at radius 1 is 0.591 bits per heavy atom. The highest BCUT2D eigenvalue weighted by Crippen LogP contribution is 2.51. The van der Waals surface area contributed by atoms with Gasteiger partial charge in [-0.2, -0.15) is 21.6 Å². The van der Waals surface area contributed by atoms with Crippen LogP contribution in [0.2, 0.25) is 0 Å². The average molecular weight is 1330 g/mol. The monoisotopic (exact) mass is 1330 g/mol. The van der Waals surface area contributed by atoms with E-state index in [1.807, 2.05) is 104 Å². The number of hydrogen-bond donors (Lipinski definition) is 3. The van der Waals surface area contributed by atoms with Gasteiger partial charge in [-0.1, -0.05) is 47.8 Å². The summed E-state index contributed by atoms with van der Waals surface area (Å²) >= 11 is 2.06. The number of thioether (sulfide) groups is 2. The van der Waals surface area contributed by atoms with Crippen LogP contribution in [0.3, 0.4) is 0 Å². The maximum Gasteiger partial charge on any atom is 0.523 e. The van der Waals surface area contributed by atoms with Crippen LogP contribution in [0.5, 0.6) is 34.5 Å². The highest BCUT2D eigenvalue weighted by atomic mass is 32.2. The fourth-order valence-corrected chi connectivity index (χ4v) is 15.0. The minimum atomic E-state index is -5.80. The molecule has 2 fully saturated rings. The van der Waals surface area contributed by atoms with E-state index in [1.54, 1.807) is 13.8 Å². The number of rotatable bonds is 24. The molecule has 4 heterocycles. The number of alkyl halides is 3. The number of benzene rings is 4. The van der Waals surface area contributed by atoms with Gasteiger partial charge in [-0.25, -0.2) is 0 Å². The van der Waals surface area contributed by atoms with E-state index < -0.39 is 53.6 Å². The van der Waals surface area contributed by atoms with E-state index in [0.29, 0.717) is 43.3 Å². The first-order chi connectivity index (χ1) is 41.2. The second-order valence-electron chi connectivity index (χ2n) is 21.5. The summed E-state index contributed by atoms with van der Waals surface area (Å²) in [5.41, 5.74) is 3.11. The zero-order valence-electron chi connectivity index (χ0n) is 51.2. The van der Waals surface area contributed by atoms with Crippen LogP contribution in [0, 0.1) is 41.5 Å². The molecule has 4 aliphatic heterocycles. The van der Waals surface area contributed by atoms with Crippen molar-refractivity contribution in [2.24, 2.45) is 0 Å². The number of fused-ring (bicyclic) bond motifs is 2. The Balaban J connectivity index is 0.000000228. The number of halogens is 3. The van der Waals surface area contributed by atoms with Crippen molar-refractivity contribution in [2.45, 2.75) is 149 Å². The number of phenolic OH excluding ortho intramolecular Hbond substituents is 1. The molecule has 0 saturated carbocycles. The van der Waals surface area contributed by atoms with Crippen LogP contribution in [0.4, 0.5) is 22.8 Å². The molecule has 0 aliphatic carbocycles. The van der Waals surface area contributed by atoms with Gasteiger partial charge in [0, 0.05) is 11.1 Å². The normalized spacial score (nSPS) is 20.0. The number of hydrogen-bond acceptors (Lipinski definition) is 21. The molecule has 3 N–H and O–H groups in total. The summed E-state index contributed by atoms with van der Waals surface area (Å²) in [5, 5.41) is 13.6. The minimum absolute atomic E-state index is 0.118. The lowest BCUT2D eigenvalue weighted by atomic mass is 9.87. The Labute approximate surface area is 520 Å². The first-order valence-corrected chi connectivity index (χ1v) is 35.0. The number of carbonyl (C=O) groups is 4. The number of imide groups is 2. The first kappa shape index (κ1) is 71.7. The molecule has 0 bridgehead atoms. The average Bonchev–Trinajstić information content (AvgIpc) is 1.25. The highest BCUT2D eigenvalue weighted by molar-refractivity contribution is 8.15. The summed E-state index contributed by atoms with van der Waals surface area (Å²) in [5.74, 6) is 3.72. The van der Waals surface area contributed by atoms with E-state index in [0.717, 1.165) is 122 Å². The molecular weight excluding hydrogens is 1260 g/mol. The van der Waals surface area contributed by atoms with Gasteiger partial charge in [0.2, 0.25) is 11.8 Å². The summed E-state index contributed by atoms with van der Waals surface area (Å²) in [6, 6.07) is 15.2. The van der Waals surface area contributed by atoms with Gasteiger partial charge in [0.25, 0.3) is 10.5 Å². The number of ether oxygens (including phenoxy) is 5. The van der Waals surface area contributed by atoms with Gasteiger partial charge in [0.1, 0.15) is 58.9 Å². The van der Waals surface area contributed by atoms with Crippen molar-refractivity contribution in [2.75, 3.05) is 52.3 Å². The molecule has 21 nitrogen and oxygen atoms in total. The third-order valence-electron chi connectivity index (χ3n) is 14.8. The van der Waals surface area contributed by atoms with Crippen molar-refractivity contribution in [3.63, 3.8) is 0 Å². The number of phenols is 1. The molecule has 4 aromatic rings. The molecule has 88 heavy (non-hydrogen) atoms. The molecule has 486 valence electrons. The number of aromatic hydroxyl groups is 1. The standard InChI is InChI=1S/C29H38NO8PS.C24H27NO5S.C6H12F3O6PS/c1-7-36-39(33,37-8-2)17-35-25-18(3)19(4)26-23(20(25)5)13-14-29(6,38-26)16-34-22-11-9-21(10-12-22)15-24-27(31)30-28(32)40-24;1-13-14(2)21-18(15(3)20(13)26)9-10-24(4,30-21)12-29-17-7-5-16(6-8-17)11-19-22(27)25-23(28)31-19;1-3-13-16(10,14-4-2)5-15-17(11,12)6(7,8)9/h9-12,24H,7-8,13-17H2,1-6H3,(H,30,31,32);5-8,19,26H,9-12H2,1-4H3,(H,25,27,28);3-5H2,1-2H3. The van der Waals surface area contributed by atoms with Crippen molar-refractivity contribution in [1.29, 1.82) is 0 Å². The van der Waals surface area contributed by atoms with Crippen LogP contribution in [0.25, 0.3) is 0 Å². The third kappa shape index (κ3) is 18.4. The van der Waals surface area contributed by atoms with Crippen LogP contribution in [0.1, 0.15) is 110 Å². The van der Waals surface area contributed by atoms with Crippen LogP contribution in [-0.4, -0.2) is 115 Å². The molecule has 0 spiro atoms. The summed E-state index contributed by atoms with van der Waals surface area (Å²) < 4.78 is 136. The van der Waals surface area contributed by atoms with Crippen LogP contribution >= 0.6 is 38.7 Å². The van der Waals surface area contributed by atoms with E-state index in [-0.39, 0.29) is 60.3 Å². The summed E-state index contributed by atoms with van der Waals surface area (Å²) in [4.78, 5) is 46.3. The van der Waals surface area contributed by atoms with E-state index in [9.17, 15) is 55.0 Å². The molecule has 0 radical (unpaired) electrons. The van der Waals surface area contributed by atoms with Crippen molar-refractivity contribution < 1.29 is 101 Å². The van der Waals surface area contributed by atoms with Crippen molar-refractivity contribution in [1.82, 2.24) is 10.6 Å². The second kappa shape index (κ2) is 30.2. The fraction of sp³-hybridized carbons (Fsp3) is 0.525. The lowest BCUT2D eigenvalue weighted by Crippen LogP contribution is -2.42. The number of carbonyl (C=O) groups excluding carboxylic acids is 4. The Hall–Kier alpha value is -5.34. The molecule has 0 aromatic heterocycles. The summed E-state index contributed by atoms with van der Waals surface area (Å²) in [7, 11) is -13.1. The van der Waals surface area contributed by atoms with Crippen LogP contribution in [0.15, 0.2) is 48.5 Å². The van der Waals surface area contributed by atoms with E-state index in [2.05, 4.69) is 23.9 Å². The van der Waals surface area contributed by atoms with Crippen molar-refractivity contribution >= 4 is 71.1 Å². The predicted molar refractivity (Wildman–Crippen MR) is 327 cm³/mol. The molecule has 2 saturated heterocycles. The predicted octanol–water partition coefficient (Wildman–Crippen LogP) is 12.7. The number of nitrogens with one attached hydrogen (secondary N) is 2. The van der Waals surface area contributed by atoms with Crippen LogP contribution in [-0.2, 0) is 76.8 Å². The molecule has 4 aliphatic rings. The first-order valence-electron chi connectivity index (χ1n) is 28.4. The van der Waals surface area contributed by atoms with Gasteiger partial charge in [-0.3, -0.25) is 43.1 Å². The molecule has 4 unspecified atom stereocenters. The zero-order valence-corrected chi connectivity index (χ0v) is 55.5. The summed E-state index contributed by atoms with van der Waals surface area (Å²) in [6.07, 6.45) is 2.69. The molecule has 8 rings (SSSR count). The van der Waals surface area contributed by atoms with Crippen LogP contribution < -0.4 is 34.3 Å². The SMILES string of the molecule is CCOP(=O)(COS(=O)(=O)C(F)(F)F)OCC.CCOP(=O)(COc1c(C)c(C)c2c(c1C)CCC(C)(COc1ccc(CC3SC(=O)NC3=O)cc1)O2)OCC.Cc1c(C)c2c(c(C)c1O)CCC(C)(COc1ccc(CC3SC(=O)NC3=O)cc1)O2. The largest absolute Gasteiger partial charge is 0.523 e. The van der Waals surface area contributed by atoms with Gasteiger partial charge in [-0.05, 0) is 190 Å². The zero-order chi connectivity index (χ0) is 65.2. The Morgan fingerprint density at radius 3 is 1.35 bits per heavy atom. The summed E-state index contributed by atoms with van der Waals surface area (Å²) in [6.45, 7) is 23.4. The fourth-order valence-electron chi connectivity index (χ4n) is 9.75. The topological polar surface area (TPSA) is 273 Å². The van der Waals surface area contributed by atoms with Crippen molar-refractivity contribution in [3.8, 4) is 34.5 Å². The van der Waals surface area contributed by atoms with Crippen molar-refractivity contribution in [3.05, 3.63) is 104 Å². The number of amides is 4. The minimum Gasteiger partial charge on any atom is -0.507 e. The lowest BCUT2D eigenvalue weighted by Gasteiger charge is -2.38. The Morgan fingerprint density at radius 2 is 0.977 bits per heavy atom. The Kier molecular flexibility index (Phi) is 24.6. The molecule has 4 atom stereocenters. The van der Waals surface area contributed by atoms with Gasteiger partial charge in [-0.15, -0.1) is 0 Å². The smallest absolute Gasteiger partial charge is 0.507 e. The molecule has 29 heteroatoms. The third-order valence-corrected chi connectivity index (χ3v) is 21.4. The van der Waals surface area contributed by atoms with Gasteiger partial charge in [0.05, 0.1) is 36.9 Å². The second-order valence-corrected chi connectivity index (χ2v) is 29.5. The maximum atomic E-state index is 12.9. The lowest BCUT2D eigenvalue weighted by molar-refractivity contribution is -0.119. The van der Waals surface area contributed by atoms with Gasteiger partial charge < -0.3 is 46.9 Å². The molecule has 4 amide bonds. The van der Waals surface area contributed by atoms with E-state index in [4.69, 9.17) is 32.7 Å². The molecular formula is C59H77F3N2O19P2S3. The van der Waals surface area contributed by atoms with Gasteiger partial charge in [0.15, 0.2) is 12.7 Å². The Bertz CT molecular complexity index is 3390. The van der Waals surface area contributed by atoms with E-state index in [1.165, 1.54) is 13.8 Å². The van der Waals surface area contributed by atoms with E-state index >= 15 is 0 Å². The van der Waals surface area contributed by atoms with Gasteiger partial charge >= 0.3 is 30.8 Å².